The van der Waals surface area contributed by atoms with E-state index in [-0.39, 0.29) is 5.91 Å². The first-order valence-corrected chi connectivity index (χ1v) is 8.08. The summed E-state index contributed by atoms with van der Waals surface area (Å²) in [4.78, 5) is 16.6. The molecule has 0 fully saturated rings. The van der Waals surface area contributed by atoms with Crippen molar-refractivity contribution < 1.29 is 9.21 Å². The topological polar surface area (TPSA) is 55.1 Å². The summed E-state index contributed by atoms with van der Waals surface area (Å²) in [6.45, 7) is 0. The van der Waals surface area contributed by atoms with Crippen LogP contribution in [0.3, 0.4) is 0 Å². The van der Waals surface area contributed by atoms with Gasteiger partial charge in [-0.3, -0.25) is 4.79 Å². The van der Waals surface area contributed by atoms with Gasteiger partial charge in [-0.2, -0.15) is 0 Å². The van der Waals surface area contributed by atoms with Gasteiger partial charge in [-0.25, -0.2) is 4.98 Å². The lowest BCUT2D eigenvalue weighted by atomic mass is 10.1. The van der Waals surface area contributed by atoms with E-state index < -0.39 is 0 Å². The van der Waals surface area contributed by atoms with Gasteiger partial charge in [0.1, 0.15) is 5.52 Å². The minimum absolute atomic E-state index is 0.0409. The van der Waals surface area contributed by atoms with Crippen LogP contribution in [0.4, 0.5) is 5.69 Å². The molecule has 1 amide bonds. The highest BCUT2D eigenvalue weighted by molar-refractivity contribution is 5.92. The van der Waals surface area contributed by atoms with Gasteiger partial charge in [0.05, 0.1) is 6.42 Å². The molecule has 0 saturated carbocycles. The van der Waals surface area contributed by atoms with Crippen molar-refractivity contribution in [3.8, 4) is 11.5 Å². The van der Waals surface area contributed by atoms with Crippen LogP contribution < -0.4 is 5.32 Å². The lowest BCUT2D eigenvalue weighted by molar-refractivity contribution is -0.115. The molecule has 0 saturated heterocycles. The molecule has 122 valence electrons. The highest BCUT2D eigenvalue weighted by Gasteiger charge is 2.08. The van der Waals surface area contributed by atoms with Gasteiger partial charge in [-0.15, -0.1) is 0 Å². The fraction of sp³-hybridized carbons (Fsp3) is 0.0476. The largest absolute Gasteiger partial charge is 0.436 e. The molecule has 25 heavy (non-hydrogen) atoms. The summed E-state index contributed by atoms with van der Waals surface area (Å²) in [5.74, 6) is 0.532. The summed E-state index contributed by atoms with van der Waals surface area (Å²) >= 11 is 0. The molecule has 0 radical (unpaired) electrons. The second kappa shape index (κ2) is 6.61. The van der Waals surface area contributed by atoms with Crippen molar-refractivity contribution in [1.29, 1.82) is 0 Å². The lowest BCUT2D eigenvalue weighted by Gasteiger charge is -2.06. The highest BCUT2D eigenvalue weighted by Crippen LogP contribution is 2.25. The summed E-state index contributed by atoms with van der Waals surface area (Å²) in [5.41, 5.74) is 4.21. The number of fused-ring (bicyclic) bond motifs is 1. The van der Waals surface area contributed by atoms with Crippen molar-refractivity contribution in [1.82, 2.24) is 4.98 Å². The number of hydrogen-bond acceptors (Lipinski definition) is 3. The number of benzene rings is 3. The molecule has 0 unspecified atom stereocenters. The lowest BCUT2D eigenvalue weighted by Crippen LogP contribution is -2.14. The number of aromatic nitrogens is 1. The van der Waals surface area contributed by atoms with E-state index in [0.717, 1.165) is 27.9 Å². The Kier molecular flexibility index (Phi) is 4.01. The summed E-state index contributed by atoms with van der Waals surface area (Å²) in [6, 6.07) is 24.8. The Morgan fingerprint density at radius 2 is 1.60 bits per heavy atom. The standard InChI is InChI=1S/C21H16N2O2/c24-20(14-15-6-2-1-3-7-15)22-17-12-10-16(11-13-17)21-23-18-8-4-5-9-19(18)25-21/h1-13H,14H2,(H,22,24). The molecule has 0 bridgehead atoms. The van der Waals surface area contributed by atoms with E-state index in [4.69, 9.17) is 4.42 Å². The molecule has 4 rings (SSSR count). The van der Waals surface area contributed by atoms with Gasteiger partial charge in [-0.05, 0) is 42.0 Å². The van der Waals surface area contributed by atoms with Crippen LogP contribution in [-0.4, -0.2) is 10.9 Å². The average Bonchev–Trinajstić information content (AvgIpc) is 3.07. The van der Waals surface area contributed by atoms with Crippen molar-refractivity contribution in [3.63, 3.8) is 0 Å². The number of rotatable bonds is 4. The van der Waals surface area contributed by atoms with Crippen molar-refractivity contribution in [2.45, 2.75) is 6.42 Å². The van der Waals surface area contributed by atoms with Crippen molar-refractivity contribution in [2.75, 3.05) is 5.32 Å². The Hall–Kier alpha value is -3.40. The smallest absolute Gasteiger partial charge is 0.228 e. The predicted molar refractivity (Wildman–Crippen MR) is 98.2 cm³/mol. The quantitative estimate of drug-likeness (QED) is 0.592. The van der Waals surface area contributed by atoms with Crippen LogP contribution in [0.25, 0.3) is 22.6 Å². The van der Waals surface area contributed by atoms with Gasteiger partial charge < -0.3 is 9.73 Å². The van der Waals surface area contributed by atoms with Crippen LogP contribution in [0, 0.1) is 0 Å². The van der Waals surface area contributed by atoms with E-state index in [9.17, 15) is 4.79 Å². The number of oxazole rings is 1. The minimum Gasteiger partial charge on any atom is -0.436 e. The van der Waals surface area contributed by atoms with Gasteiger partial charge in [0.2, 0.25) is 11.8 Å². The zero-order valence-electron chi connectivity index (χ0n) is 13.5. The van der Waals surface area contributed by atoms with Crippen molar-refractivity contribution >= 4 is 22.7 Å². The molecule has 0 spiro atoms. The Balaban J connectivity index is 1.47. The molecular weight excluding hydrogens is 312 g/mol. The number of anilines is 1. The maximum Gasteiger partial charge on any atom is 0.228 e. The molecule has 0 aliphatic heterocycles. The molecule has 0 aliphatic carbocycles. The van der Waals surface area contributed by atoms with E-state index in [2.05, 4.69) is 10.3 Å². The van der Waals surface area contributed by atoms with Crippen molar-refractivity contribution in [3.05, 3.63) is 84.4 Å². The monoisotopic (exact) mass is 328 g/mol. The van der Waals surface area contributed by atoms with Gasteiger partial charge >= 0.3 is 0 Å². The Bertz CT molecular complexity index is 972. The Morgan fingerprint density at radius 3 is 2.36 bits per heavy atom. The van der Waals surface area contributed by atoms with Crippen LogP contribution >= 0.6 is 0 Å². The zero-order valence-corrected chi connectivity index (χ0v) is 13.5. The van der Waals surface area contributed by atoms with Crippen LogP contribution in [0.2, 0.25) is 0 Å². The Labute approximate surface area is 145 Å². The number of carbonyl (C=O) groups is 1. The predicted octanol–water partition coefficient (Wildman–Crippen LogP) is 4.68. The van der Waals surface area contributed by atoms with Crippen LogP contribution in [0.1, 0.15) is 5.56 Å². The van der Waals surface area contributed by atoms with Crippen LogP contribution in [0.15, 0.2) is 83.3 Å². The number of hydrogen-bond donors (Lipinski definition) is 1. The fourth-order valence-electron chi connectivity index (χ4n) is 2.68. The third-order valence-corrected chi connectivity index (χ3v) is 3.92. The Morgan fingerprint density at radius 1 is 0.880 bits per heavy atom. The maximum absolute atomic E-state index is 12.1. The molecule has 0 aliphatic rings. The number of para-hydroxylation sites is 2. The highest BCUT2D eigenvalue weighted by atomic mass is 16.3. The summed E-state index contributed by atoms with van der Waals surface area (Å²) in [5, 5.41) is 2.91. The minimum atomic E-state index is -0.0409. The molecule has 1 heterocycles. The van der Waals surface area contributed by atoms with E-state index in [0.29, 0.717) is 12.3 Å². The molecule has 3 aromatic carbocycles. The second-order valence-electron chi connectivity index (χ2n) is 5.77. The fourth-order valence-corrected chi connectivity index (χ4v) is 2.68. The SMILES string of the molecule is O=C(Cc1ccccc1)Nc1ccc(-c2nc3ccccc3o2)cc1. The third-order valence-electron chi connectivity index (χ3n) is 3.92. The molecular formula is C21H16N2O2. The summed E-state index contributed by atoms with van der Waals surface area (Å²) < 4.78 is 5.76. The number of nitrogens with zero attached hydrogens (tertiary/aromatic N) is 1. The molecule has 4 heteroatoms. The third kappa shape index (κ3) is 3.43. The summed E-state index contributed by atoms with van der Waals surface area (Å²) in [6.07, 6.45) is 0.355. The zero-order chi connectivity index (χ0) is 17.1. The first-order chi connectivity index (χ1) is 12.3. The number of amides is 1. The van der Waals surface area contributed by atoms with Crippen LogP contribution in [0.5, 0.6) is 0 Å². The van der Waals surface area contributed by atoms with E-state index in [1.165, 1.54) is 0 Å². The van der Waals surface area contributed by atoms with Gasteiger partial charge in [0, 0.05) is 11.3 Å². The number of carbonyl (C=O) groups excluding carboxylic acids is 1. The molecule has 4 aromatic rings. The molecule has 4 nitrogen and oxygen atoms in total. The first-order valence-electron chi connectivity index (χ1n) is 8.08. The van der Waals surface area contributed by atoms with Gasteiger partial charge in [0.25, 0.3) is 0 Å². The van der Waals surface area contributed by atoms with Crippen LogP contribution in [-0.2, 0) is 11.2 Å². The average molecular weight is 328 g/mol. The first kappa shape index (κ1) is 15.1. The van der Waals surface area contributed by atoms with Gasteiger partial charge in [0.15, 0.2) is 5.58 Å². The summed E-state index contributed by atoms with van der Waals surface area (Å²) in [7, 11) is 0. The normalized spacial score (nSPS) is 10.7. The van der Waals surface area contributed by atoms with Gasteiger partial charge in [-0.1, -0.05) is 42.5 Å². The molecule has 0 atom stereocenters. The molecule has 1 N–H and O–H groups in total. The van der Waals surface area contributed by atoms with Crippen molar-refractivity contribution in [2.24, 2.45) is 0 Å². The van der Waals surface area contributed by atoms with E-state index in [1.807, 2.05) is 78.9 Å². The number of nitrogens with one attached hydrogen (secondary N) is 1. The maximum atomic E-state index is 12.1. The van der Waals surface area contributed by atoms with E-state index in [1.54, 1.807) is 0 Å². The van der Waals surface area contributed by atoms with E-state index >= 15 is 0 Å². The second-order valence-corrected chi connectivity index (χ2v) is 5.77. The molecule has 1 aromatic heterocycles.